The quantitative estimate of drug-likeness (QED) is 0.526. The fourth-order valence-electron chi connectivity index (χ4n) is 3.15. The van der Waals surface area contributed by atoms with Crippen LogP contribution in [0.25, 0.3) is 0 Å². The zero-order valence-electron chi connectivity index (χ0n) is 17.6. The number of carbonyl (C=O) groups is 1. The lowest BCUT2D eigenvalue weighted by molar-refractivity contribution is 0.0461. The highest BCUT2D eigenvalue weighted by atomic mass is 35.5. The molecule has 0 aliphatic carbocycles. The van der Waals surface area contributed by atoms with Crippen molar-refractivity contribution in [2.45, 2.75) is 39.2 Å². The Kier molecular flexibility index (Phi) is 12.7. The number of anilines is 1. The van der Waals surface area contributed by atoms with E-state index < -0.39 is 12.2 Å². The summed E-state index contributed by atoms with van der Waals surface area (Å²) < 4.78 is 10.7. The number of hydrogen-bond acceptors (Lipinski definition) is 6. The van der Waals surface area contributed by atoms with Crippen LogP contribution in [0.4, 0.5) is 10.5 Å². The maximum Gasteiger partial charge on any atom is 0.411 e. The molecule has 0 radical (unpaired) electrons. The standard InChI is InChI=1S/C21H35N3O4.ClH/c1-3-5-15-27-21(26)22-18-6-8-20(9-7-18)28-17-19(25)16-24-13-11-23(10-4-2)12-14-24;/h6-9,19,25H,3-5,10-17H2,1-2H3,(H,22,26);1H. The lowest BCUT2D eigenvalue weighted by Gasteiger charge is -2.35. The average Bonchev–Trinajstić information content (AvgIpc) is 2.69. The number of β-amino-alcohol motifs (C(OH)–C–C–N with tert-alkyl or cyclic N) is 1. The van der Waals surface area contributed by atoms with Gasteiger partial charge in [-0.15, -0.1) is 12.4 Å². The molecule has 1 fully saturated rings. The molecule has 0 bridgehead atoms. The Labute approximate surface area is 180 Å². The summed E-state index contributed by atoms with van der Waals surface area (Å²) in [6.07, 6.45) is 2.06. The zero-order chi connectivity index (χ0) is 20.2. The van der Waals surface area contributed by atoms with E-state index in [1.54, 1.807) is 24.3 Å². The van der Waals surface area contributed by atoms with Crippen molar-refractivity contribution in [2.24, 2.45) is 0 Å². The molecule has 1 unspecified atom stereocenters. The van der Waals surface area contributed by atoms with Gasteiger partial charge in [0.1, 0.15) is 18.5 Å². The molecule has 0 saturated carbocycles. The third-order valence-corrected chi connectivity index (χ3v) is 4.75. The monoisotopic (exact) mass is 429 g/mol. The summed E-state index contributed by atoms with van der Waals surface area (Å²) in [5, 5.41) is 12.9. The van der Waals surface area contributed by atoms with Gasteiger partial charge in [0.15, 0.2) is 0 Å². The fraction of sp³-hybridized carbons (Fsp3) is 0.667. The van der Waals surface area contributed by atoms with Crippen molar-refractivity contribution in [1.82, 2.24) is 9.80 Å². The Balaban J connectivity index is 0.00000420. The molecule has 1 aromatic carbocycles. The van der Waals surface area contributed by atoms with Crippen LogP contribution >= 0.6 is 12.4 Å². The second-order valence-corrected chi connectivity index (χ2v) is 7.25. The number of benzene rings is 1. The Bertz CT molecular complexity index is 566. The van der Waals surface area contributed by atoms with E-state index in [0.717, 1.165) is 45.6 Å². The Hall–Kier alpha value is -1.54. The molecule has 1 atom stereocenters. The molecule has 0 aromatic heterocycles. The molecule has 1 amide bonds. The average molecular weight is 430 g/mol. The third kappa shape index (κ3) is 10.2. The maximum atomic E-state index is 11.6. The van der Waals surface area contributed by atoms with Crippen LogP contribution in [0.3, 0.4) is 0 Å². The Morgan fingerprint density at radius 3 is 2.38 bits per heavy atom. The van der Waals surface area contributed by atoms with Crippen LogP contribution < -0.4 is 10.1 Å². The fourth-order valence-corrected chi connectivity index (χ4v) is 3.15. The number of unbranched alkanes of at least 4 members (excludes halogenated alkanes) is 1. The minimum Gasteiger partial charge on any atom is -0.491 e. The predicted octanol–water partition coefficient (Wildman–Crippen LogP) is 3.22. The van der Waals surface area contributed by atoms with Gasteiger partial charge in [-0.1, -0.05) is 20.3 Å². The molecule has 1 heterocycles. The number of ether oxygens (including phenoxy) is 2. The van der Waals surface area contributed by atoms with Crippen LogP contribution in [-0.2, 0) is 4.74 Å². The normalized spacial score (nSPS) is 16.0. The smallest absolute Gasteiger partial charge is 0.411 e. The number of hydrogen-bond donors (Lipinski definition) is 2. The summed E-state index contributed by atoms with van der Waals surface area (Å²) in [6, 6.07) is 7.07. The molecule has 0 spiro atoms. The van der Waals surface area contributed by atoms with Crippen LogP contribution in [0.2, 0.25) is 0 Å². The number of aliphatic hydroxyl groups is 1. The van der Waals surface area contributed by atoms with E-state index in [9.17, 15) is 9.90 Å². The zero-order valence-corrected chi connectivity index (χ0v) is 18.5. The van der Waals surface area contributed by atoms with E-state index in [-0.39, 0.29) is 19.0 Å². The Morgan fingerprint density at radius 2 is 1.76 bits per heavy atom. The van der Waals surface area contributed by atoms with Gasteiger partial charge in [-0.3, -0.25) is 10.2 Å². The Morgan fingerprint density at radius 1 is 1.10 bits per heavy atom. The number of piperazine rings is 1. The first kappa shape index (κ1) is 25.5. The number of carbonyl (C=O) groups excluding carboxylic acids is 1. The van der Waals surface area contributed by atoms with E-state index in [0.29, 0.717) is 24.6 Å². The highest BCUT2D eigenvalue weighted by Crippen LogP contribution is 2.16. The lowest BCUT2D eigenvalue weighted by Crippen LogP contribution is -2.49. The summed E-state index contributed by atoms with van der Waals surface area (Å²) in [6.45, 7) is 10.8. The highest BCUT2D eigenvalue weighted by Gasteiger charge is 2.18. The van der Waals surface area contributed by atoms with Crippen LogP contribution in [0.5, 0.6) is 5.75 Å². The van der Waals surface area contributed by atoms with Crippen LogP contribution in [0.1, 0.15) is 33.1 Å². The molecule has 2 N–H and O–H groups in total. The lowest BCUT2D eigenvalue weighted by atomic mass is 10.2. The first-order chi connectivity index (χ1) is 13.6. The van der Waals surface area contributed by atoms with Gasteiger partial charge in [0, 0.05) is 38.4 Å². The van der Waals surface area contributed by atoms with Gasteiger partial charge in [-0.05, 0) is 43.7 Å². The van der Waals surface area contributed by atoms with E-state index in [4.69, 9.17) is 9.47 Å². The molecule has 2 rings (SSSR count). The first-order valence-electron chi connectivity index (χ1n) is 10.4. The molecule has 1 aliphatic heterocycles. The molecular formula is C21H36ClN3O4. The molecule has 166 valence electrons. The molecule has 29 heavy (non-hydrogen) atoms. The first-order valence-corrected chi connectivity index (χ1v) is 10.4. The summed E-state index contributed by atoms with van der Waals surface area (Å²) in [7, 11) is 0. The number of amides is 1. The van der Waals surface area contributed by atoms with Crippen LogP contribution in [-0.4, -0.2) is 79.6 Å². The van der Waals surface area contributed by atoms with Crippen molar-refractivity contribution in [3.8, 4) is 5.75 Å². The molecule has 1 aliphatic rings. The largest absolute Gasteiger partial charge is 0.491 e. The molecule has 8 heteroatoms. The number of aliphatic hydroxyl groups excluding tert-OH is 1. The topological polar surface area (TPSA) is 74.3 Å². The van der Waals surface area contributed by atoms with Crippen LogP contribution in [0.15, 0.2) is 24.3 Å². The molecule has 7 nitrogen and oxygen atoms in total. The number of nitrogens with zero attached hydrogens (tertiary/aromatic N) is 2. The molecule has 1 aromatic rings. The number of rotatable bonds is 11. The van der Waals surface area contributed by atoms with Crippen molar-refractivity contribution in [1.29, 1.82) is 0 Å². The van der Waals surface area contributed by atoms with Gasteiger partial charge in [-0.25, -0.2) is 4.79 Å². The number of nitrogens with one attached hydrogen (secondary N) is 1. The molecular weight excluding hydrogens is 394 g/mol. The van der Waals surface area contributed by atoms with Gasteiger partial charge in [0.25, 0.3) is 0 Å². The molecule has 1 saturated heterocycles. The minimum atomic E-state index is -0.524. The second-order valence-electron chi connectivity index (χ2n) is 7.25. The second kappa shape index (κ2) is 14.4. The summed E-state index contributed by atoms with van der Waals surface area (Å²) in [5.74, 6) is 0.664. The summed E-state index contributed by atoms with van der Waals surface area (Å²) >= 11 is 0. The van der Waals surface area contributed by atoms with Gasteiger partial charge in [0.2, 0.25) is 0 Å². The summed E-state index contributed by atoms with van der Waals surface area (Å²) in [5.41, 5.74) is 0.652. The van der Waals surface area contributed by atoms with Gasteiger partial charge < -0.3 is 19.5 Å². The van der Waals surface area contributed by atoms with Gasteiger partial charge in [0.05, 0.1) is 6.61 Å². The van der Waals surface area contributed by atoms with Gasteiger partial charge >= 0.3 is 6.09 Å². The van der Waals surface area contributed by atoms with E-state index in [2.05, 4.69) is 22.0 Å². The maximum absolute atomic E-state index is 11.6. The highest BCUT2D eigenvalue weighted by molar-refractivity contribution is 5.85. The predicted molar refractivity (Wildman–Crippen MR) is 118 cm³/mol. The van der Waals surface area contributed by atoms with E-state index >= 15 is 0 Å². The van der Waals surface area contributed by atoms with Crippen molar-refractivity contribution >= 4 is 24.2 Å². The van der Waals surface area contributed by atoms with Crippen molar-refractivity contribution in [3.63, 3.8) is 0 Å². The van der Waals surface area contributed by atoms with E-state index in [1.807, 2.05) is 6.92 Å². The summed E-state index contributed by atoms with van der Waals surface area (Å²) in [4.78, 5) is 16.4. The van der Waals surface area contributed by atoms with Crippen LogP contribution in [0, 0.1) is 0 Å². The van der Waals surface area contributed by atoms with Crippen molar-refractivity contribution in [3.05, 3.63) is 24.3 Å². The van der Waals surface area contributed by atoms with Crippen molar-refractivity contribution in [2.75, 3.05) is 57.8 Å². The third-order valence-electron chi connectivity index (χ3n) is 4.75. The minimum absolute atomic E-state index is 0. The van der Waals surface area contributed by atoms with E-state index in [1.165, 1.54) is 6.42 Å². The SMILES string of the molecule is CCCCOC(=O)Nc1ccc(OCC(O)CN2CCN(CCC)CC2)cc1.Cl. The van der Waals surface area contributed by atoms with Crippen molar-refractivity contribution < 1.29 is 19.4 Å². The number of halogens is 1. The van der Waals surface area contributed by atoms with Gasteiger partial charge in [-0.2, -0.15) is 0 Å².